The van der Waals surface area contributed by atoms with E-state index in [1.807, 2.05) is 0 Å². The van der Waals surface area contributed by atoms with Gasteiger partial charge in [0.05, 0.1) is 0 Å². The lowest BCUT2D eigenvalue weighted by molar-refractivity contribution is -0.0670. The number of aliphatic hydroxyl groups excluding tert-OH is 3. The molecule has 0 aromatic heterocycles. The van der Waals surface area contributed by atoms with Crippen molar-refractivity contribution in [2.24, 2.45) is 0 Å². The van der Waals surface area contributed by atoms with Gasteiger partial charge in [0, 0.05) is 0 Å². The van der Waals surface area contributed by atoms with Crippen molar-refractivity contribution in [1.29, 1.82) is 0 Å². The van der Waals surface area contributed by atoms with E-state index in [0.29, 0.717) is 0 Å². The fourth-order valence-corrected chi connectivity index (χ4v) is 1.28. The number of hydrogen-bond donors (Lipinski definition) is 3. The van der Waals surface area contributed by atoms with Crippen LogP contribution in [0.15, 0.2) is 0 Å². The molecule has 0 aromatic rings. The van der Waals surface area contributed by atoms with Crippen LogP contribution in [0.1, 0.15) is 0 Å². The molecule has 3 N–H and O–H groups in total. The van der Waals surface area contributed by atoms with Crippen molar-refractivity contribution in [2.75, 3.05) is 0 Å². The van der Waals surface area contributed by atoms with Crippen LogP contribution in [-0.2, 0) is 4.74 Å². The summed E-state index contributed by atoms with van der Waals surface area (Å²) in [5, 5.41) is 26.8. The molecule has 4 unspecified atom stereocenters. The van der Waals surface area contributed by atoms with Crippen LogP contribution in [0, 0.1) is 0 Å². The predicted molar refractivity (Wildman–Crippen MR) is 26.7 cm³/mol. The summed E-state index contributed by atoms with van der Waals surface area (Å²) in [5.74, 6) is 0. The fraction of sp³-hybridized carbons (Fsp3) is 1.00. The number of hydrogen-bond acceptors (Lipinski definition) is 4. The first-order chi connectivity index (χ1) is 4.22. The van der Waals surface area contributed by atoms with Gasteiger partial charge in [-0.3, -0.25) is 0 Å². The first kappa shape index (κ1) is 5.61. The topological polar surface area (TPSA) is 73.2 Å². The average Bonchev–Trinajstić information content (AvgIpc) is 2.56. The van der Waals surface area contributed by atoms with E-state index in [1.165, 1.54) is 0 Å². The van der Waals surface area contributed by atoms with E-state index in [1.54, 1.807) is 0 Å². The third kappa shape index (κ3) is 0.561. The van der Waals surface area contributed by atoms with Crippen molar-refractivity contribution >= 4 is 0 Å². The van der Waals surface area contributed by atoms with E-state index in [2.05, 4.69) is 0 Å². The minimum atomic E-state index is -1.01. The lowest BCUT2D eigenvalue weighted by Crippen LogP contribution is -2.34. The average molecular weight is 132 g/mol. The lowest BCUT2D eigenvalue weighted by Gasteiger charge is -2.13. The maximum Gasteiger partial charge on any atom is 0.115 e. The molecule has 2 fully saturated rings. The highest BCUT2D eigenvalue weighted by molar-refractivity contribution is 5.09. The molecule has 2 aliphatic rings. The Labute approximate surface area is 51.7 Å². The molecule has 1 heterocycles. The molecule has 4 atom stereocenters. The zero-order chi connectivity index (χ0) is 6.59. The van der Waals surface area contributed by atoms with Crippen LogP contribution < -0.4 is 0 Å². The SMILES string of the molecule is OC1C(O)C2OC2C1O. The predicted octanol–water partition coefficient (Wildman–Crippen LogP) is -2.15. The zero-order valence-electron chi connectivity index (χ0n) is 4.64. The van der Waals surface area contributed by atoms with E-state index < -0.39 is 18.3 Å². The minimum Gasteiger partial charge on any atom is -0.387 e. The lowest BCUT2D eigenvalue weighted by atomic mass is 10.2. The Morgan fingerprint density at radius 2 is 1.22 bits per heavy atom. The molecule has 0 aromatic carbocycles. The van der Waals surface area contributed by atoms with Gasteiger partial charge in [0.2, 0.25) is 0 Å². The van der Waals surface area contributed by atoms with Gasteiger partial charge >= 0.3 is 0 Å². The van der Waals surface area contributed by atoms with Gasteiger partial charge in [0.15, 0.2) is 0 Å². The molecule has 1 aliphatic heterocycles. The molecule has 0 radical (unpaired) electrons. The molecule has 1 saturated carbocycles. The van der Waals surface area contributed by atoms with Crippen molar-refractivity contribution in [1.82, 2.24) is 0 Å². The second kappa shape index (κ2) is 1.46. The third-order valence-electron chi connectivity index (χ3n) is 1.93. The standard InChI is InChI=1S/C5H8O4/c6-1-2(7)4-5(9-4)3(1)8/h1-8H. The van der Waals surface area contributed by atoms with E-state index in [-0.39, 0.29) is 12.2 Å². The summed E-state index contributed by atoms with van der Waals surface area (Å²) in [7, 11) is 0. The van der Waals surface area contributed by atoms with Gasteiger partial charge in [-0.2, -0.15) is 0 Å². The summed E-state index contributed by atoms with van der Waals surface area (Å²) in [4.78, 5) is 0. The Kier molecular flexibility index (Phi) is 0.912. The number of ether oxygens (including phenoxy) is 1. The summed E-state index contributed by atoms with van der Waals surface area (Å²) in [6, 6.07) is 0. The molecule has 0 amide bonds. The number of aliphatic hydroxyl groups is 3. The zero-order valence-corrected chi connectivity index (χ0v) is 4.64. The second-order valence-corrected chi connectivity index (χ2v) is 2.54. The molecule has 4 heteroatoms. The monoisotopic (exact) mass is 132 g/mol. The summed E-state index contributed by atoms with van der Waals surface area (Å²) in [6.07, 6.45) is -3.39. The maximum absolute atomic E-state index is 8.94. The third-order valence-corrected chi connectivity index (χ3v) is 1.93. The first-order valence-corrected chi connectivity index (χ1v) is 2.91. The van der Waals surface area contributed by atoms with E-state index in [0.717, 1.165) is 0 Å². The van der Waals surface area contributed by atoms with Crippen LogP contribution in [-0.4, -0.2) is 45.8 Å². The van der Waals surface area contributed by atoms with Crippen molar-refractivity contribution in [3.05, 3.63) is 0 Å². The van der Waals surface area contributed by atoms with Gasteiger partial charge in [0.25, 0.3) is 0 Å². The van der Waals surface area contributed by atoms with E-state index in [9.17, 15) is 0 Å². The summed E-state index contributed by atoms with van der Waals surface area (Å²) in [5.41, 5.74) is 0. The van der Waals surface area contributed by atoms with Crippen LogP contribution in [0.2, 0.25) is 0 Å². The van der Waals surface area contributed by atoms with Gasteiger partial charge in [-0.1, -0.05) is 0 Å². The second-order valence-electron chi connectivity index (χ2n) is 2.54. The maximum atomic E-state index is 8.94. The first-order valence-electron chi connectivity index (χ1n) is 2.91. The molecule has 1 aliphatic carbocycles. The molecule has 0 spiro atoms. The molecule has 0 bridgehead atoms. The Hall–Kier alpha value is -0.160. The highest BCUT2D eigenvalue weighted by Gasteiger charge is 2.61. The largest absolute Gasteiger partial charge is 0.387 e. The van der Waals surface area contributed by atoms with Crippen LogP contribution in [0.25, 0.3) is 0 Å². The summed E-state index contributed by atoms with van der Waals surface area (Å²) < 4.78 is 4.79. The Balaban J connectivity index is 2.14. The highest BCUT2D eigenvalue weighted by Crippen LogP contribution is 2.38. The minimum absolute atomic E-state index is 0.310. The highest BCUT2D eigenvalue weighted by atomic mass is 16.6. The number of epoxide rings is 1. The normalized spacial score (nSPS) is 63.7. The smallest absolute Gasteiger partial charge is 0.115 e. The van der Waals surface area contributed by atoms with Gasteiger partial charge in [-0.05, 0) is 0 Å². The van der Waals surface area contributed by atoms with Crippen LogP contribution in [0.5, 0.6) is 0 Å². The van der Waals surface area contributed by atoms with Gasteiger partial charge < -0.3 is 20.1 Å². The molecule has 4 nitrogen and oxygen atoms in total. The van der Waals surface area contributed by atoms with Crippen LogP contribution >= 0.6 is 0 Å². The molecule has 2 rings (SSSR count). The molecular formula is C5H8O4. The molecule has 9 heavy (non-hydrogen) atoms. The van der Waals surface area contributed by atoms with Crippen molar-refractivity contribution in [3.63, 3.8) is 0 Å². The van der Waals surface area contributed by atoms with E-state index in [4.69, 9.17) is 20.1 Å². The van der Waals surface area contributed by atoms with Crippen LogP contribution in [0.4, 0.5) is 0 Å². The molecular weight excluding hydrogens is 124 g/mol. The van der Waals surface area contributed by atoms with Gasteiger partial charge in [-0.15, -0.1) is 0 Å². The van der Waals surface area contributed by atoms with Gasteiger partial charge in [0.1, 0.15) is 30.5 Å². The quantitative estimate of drug-likeness (QED) is 0.328. The van der Waals surface area contributed by atoms with Crippen molar-refractivity contribution in [2.45, 2.75) is 30.5 Å². The Morgan fingerprint density at radius 3 is 1.44 bits per heavy atom. The number of rotatable bonds is 0. The van der Waals surface area contributed by atoms with Crippen LogP contribution in [0.3, 0.4) is 0 Å². The Bertz CT molecular complexity index is 119. The molecule has 1 saturated heterocycles. The Morgan fingerprint density at radius 1 is 0.778 bits per heavy atom. The summed E-state index contributed by atoms with van der Waals surface area (Å²) >= 11 is 0. The fourth-order valence-electron chi connectivity index (χ4n) is 1.28. The van der Waals surface area contributed by atoms with Gasteiger partial charge in [-0.25, -0.2) is 0 Å². The summed E-state index contributed by atoms with van der Waals surface area (Å²) in [6.45, 7) is 0. The van der Waals surface area contributed by atoms with Crippen molar-refractivity contribution < 1.29 is 20.1 Å². The van der Waals surface area contributed by atoms with E-state index >= 15 is 0 Å². The van der Waals surface area contributed by atoms with Crippen molar-refractivity contribution in [3.8, 4) is 0 Å². The number of fused-ring (bicyclic) bond motifs is 1. The molecule has 52 valence electrons.